The predicted octanol–water partition coefficient (Wildman–Crippen LogP) is 3.08. The van der Waals surface area contributed by atoms with Crippen molar-refractivity contribution in [2.45, 2.75) is 85.1 Å². The quantitative estimate of drug-likeness (QED) is 0.758. The smallest absolute Gasteiger partial charge is 0.407 e. The zero-order chi connectivity index (χ0) is 17.0. The number of amides is 1. The molecule has 0 spiro atoms. The summed E-state index contributed by atoms with van der Waals surface area (Å²) < 4.78 is 11.1. The van der Waals surface area contributed by atoms with Crippen molar-refractivity contribution in [1.29, 1.82) is 0 Å². The number of nitrogens with one attached hydrogen (secondary N) is 2. The molecule has 1 aliphatic carbocycles. The number of alkyl carbamates (subject to hydrolysis) is 1. The van der Waals surface area contributed by atoms with Crippen LogP contribution in [0, 0.1) is 5.41 Å². The summed E-state index contributed by atoms with van der Waals surface area (Å²) >= 11 is 0. The lowest BCUT2D eigenvalue weighted by Gasteiger charge is -2.54. The molecule has 0 saturated heterocycles. The third kappa shape index (κ3) is 5.13. The molecule has 0 radical (unpaired) electrons. The van der Waals surface area contributed by atoms with E-state index in [1.54, 1.807) is 0 Å². The summed E-state index contributed by atoms with van der Waals surface area (Å²) in [5.41, 5.74) is -0.281. The van der Waals surface area contributed by atoms with Crippen molar-refractivity contribution in [3.63, 3.8) is 0 Å². The van der Waals surface area contributed by atoms with Crippen molar-refractivity contribution in [1.82, 2.24) is 10.6 Å². The van der Waals surface area contributed by atoms with Crippen LogP contribution >= 0.6 is 0 Å². The molecule has 0 aromatic rings. The summed E-state index contributed by atoms with van der Waals surface area (Å²) in [6.07, 6.45) is 2.10. The lowest BCUT2D eigenvalue weighted by Crippen LogP contribution is -2.64. The van der Waals surface area contributed by atoms with Gasteiger partial charge in [-0.2, -0.15) is 0 Å². The topological polar surface area (TPSA) is 59.6 Å². The molecular formula is C17H34N2O3. The van der Waals surface area contributed by atoms with E-state index in [9.17, 15) is 4.79 Å². The highest BCUT2D eigenvalue weighted by molar-refractivity contribution is 5.67. The average molecular weight is 314 g/mol. The Balaban J connectivity index is 2.37. The van der Waals surface area contributed by atoms with E-state index < -0.39 is 5.60 Å². The minimum atomic E-state index is -0.458. The molecule has 2 N–H and O–H groups in total. The van der Waals surface area contributed by atoms with Gasteiger partial charge in [0.2, 0.25) is 0 Å². The molecule has 1 rings (SSSR count). The summed E-state index contributed by atoms with van der Waals surface area (Å²) in [4.78, 5) is 11.7. The van der Waals surface area contributed by atoms with E-state index >= 15 is 0 Å². The van der Waals surface area contributed by atoms with Gasteiger partial charge in [0.1, 0.15) is 5.60 Å². The van der Waals surface area contributed by atoms with Gasteiger partial charge >= 0.3 is 6.09 Å². The van der Waals surface area contributed by atoms with E-state index in [1.807, 2.05) is 27.7 Å². The first kappa shape index (κ1) is 19.2. The van der Waals surface area contributed by atoms with Crippen LogP contribution in [0.2, 0.25) is 0 Å². The zero-order valence-corrected chi connectivity index (χ0v) is 15.3. The Morgan fingerprint density at radius 3 is 2.50 bits per heavy atom. The number of carbonyl (C=O) groups is 1. The van der Waals surface area contributed by atoms with Gasteiger partial charge in [0, 0.05) is 30.7 Å². The molecule has 22 heavy (non-hydrogen) atoms. The third-order valence-electron chi connectivity index (χ3n) is 4.55. The Kier molecular flexibility index (Phi) is 6.68. The molecule has 0 aliphatic heterocycles. The minimum absolute atomic E-state index is 0.177. The first-order chi connectivity index (χ1) is 10.1. The van der Waals surface area contributed by atoms with Crippen LogP contribution in [0.15, 0.2) is 0 Å². The molecule has 1 amide bonds. The molecule has 5 nitrogen and oxygen atoms in total. The normalized spacial score (nSPS) is 29.6. The Hall–Kier alpha value is -0.810. The van der Waals surface area contributed by atoms with E-state index in [-0.39, 0.29) is 17.6 Å². The van der Waals surface area contributed by atoms with E-state index in [2.05, 4.69) is 31.4 Å². The molecule has 0 bridgehead atoms. The molecule has 1 saturated carbocycles. The highest BCUT2D eigenvalue weighted by Crippen LogP contribution is 2.46. The van der Waals surface area contributed by atoms with Gasteiger partial charge in [-0.25, -0.2) is 4.79 Å². The summed E-state index contributed by atoms with van der Waals surface area (Å²) in [6.45, 7) is 15.5. The molecule has 1 fully saturated rings. The maximum atomic E-state index is 11.7. The second-order valence-corrected chi connectivity index (χ2v) is 7.54. The van der Waals surface area contributed by atoms with E-state index in [1.165, 1.54) is 0 Å². The molecule has 4 atom stereocenters. The molecule has 4 unspecified atom stereocenters. The summed E-state index contributed by atoms with van der Waals surface area (Å²) in [6, 6.07) is 0.635. The zero-order valence-electron chi connectivity index (χ0n) is 15.3. The van der Waals surface area contributed by atoms with Crippen LogP contribution < -0.4 is 10.6 Å². The van der Waals surface area contributed by atoms with Gasteiger partial charge in [0.05, 0.1) is 6.10 Å². The van der Waals surface area contributed by atoms with Crippen LogP contribution in [0.1, 0.15) is 61.3 Å². The highest BCUT2D eigenvalue weighted by atomic mass is 16.6. The second-order valence-electron chi connectivity index (χ2n) is 7.54. The average Bonchev–Trinajstić information content (AvgIpc) is 2.41. The van der Waals surface area contributed by atoms with Gasteiger partial charge < -0.3 is 20.1 Å². The van der Waals surface area contributed by atoms with Crippen molar-refractivity contribution in [2.24, 2.45) is 5.41 Å². The monoisotopic (exact) mass is 314 g/mol. The van der Waals surface area contributed by atoms with Crippen LogP contribution in [-0.2, 0) is 9.47 Å². The van der Waals surface area contributed by atoms with Crippen molar-refractivity contribution < 1.29 is 14.3 Å². The van der Waals surface area contributed by atoms with E-state index in [0.717, 1.165) is 19.4 Å². The first-order valence-corrected chi connectivity index (χ1v) is 8.46. The molecular weight excluding hydrogens is 280 g/mol. The summed E-state index contributed by atoms with van der Waals surface area (Å²) in [7, 11) is 0. The maximum Gasteiger partial charge on any atom is 0.407 e. The molecule has 5 heteroatoms. The maximum absolute atomic E-state index is 11.7. The van der Waals surface area contributed by atoms with Crippen LogP contribution in [0.3, 0.4) is 0 Å². The molecule has 0 aromatic carbocycles. The van der Waals surface area contributed by atoms with Crippen LogP contribution in [0.25, 0.3) is 0 Å². The number of ether oxygens (including phenoxy) is 2. The largest absolute Gasteiger partial charge is 0.444 e. The van der Waals surface area contributed by atoms with Gasteiger partial charge in [-0.05, 0) is 47.5 Å². The SMILES string of the molecule is CCOC1CC(NC(C)CNC(=O)OC(C)(C)C)C1(C)CC. The summed E-state index contributed by atoms with van der Waals surface area (Å²) in [5.74, 6) is 0. The third-order valence-corrected chi connectivity index (χ3v) is 4.55. The Labute approximate surface area is 135 Å². The molecule has 0 aromatic heterocycles. The first-order valence-electron chi connectivity index (χ1n) is 8.46. The van der Waals surface area contributed by atoms with Gasteiger partial charge in [-0.15, -0.1) is 0 Å². The minimum Gasteiger partial charge on any atom is -0.444 e. The van der Waals surface area contributed by atoms with Gasteiger partial charge in [0.15, 0.2) is 0 Å². The number of carbonyl (C=O) groups excluding carboxylic acids is 1. The number of rotatable bonds is 7. The second kappa shape index (κ2) is 7.64. The van der Waals surface area contributed by atoms with Crippen molar-refractivity contribution in [3.8, 4) is 0 Å². The Bertz CT molecular complexity index is 367. The van der Waals surface area contributed by atoms with Crippen LogP contribution in [0.4, 0.5) is 4.79 Å². The lowest BCUT2D eigenvalue weighted by molar-refractivity contribution is -0.127. The van der Waals surface area contributed by atoms with Gasteiger partial charge in [-0.3, -0.25) is 0 Å². The molecule has 0 heterocycles. The standard InChI is InChI=1S/C17H34N2O3/c1-8-17(7)13(10-14(17)21-9-2)19-12(3)11-18-15(20)22-16(4,5)6/h12-14,19H,8-11H2,1-7H3,(H,18,20). The van der Waals surface area contributed by atoms with E-state index in [0.29, 0.717) is 18.7 Å². The number of hydrogen-bond acceptors (Lipinski definition) is 4. The lowest BCUT2D eigenvalue weighted by atomic mass is 9.61. The fraction of sp³-hybridized carbons (Fsp3) is 0.941. The molecule has 1 aliphatic rings. The van der Waals surface area contributed by atoms with Crippen LogP contribution in [0.5, 0.6) is 0 Å². The fourth-order valence-electron chi connectivity index (χ4n) is 2.96. The van der Waals surface area contributed by atoms with Gasteiger partial charge in [-0.1, -0.05) is 13.8 Å². The van der Waals surface area contributed by atoms with Crippen molar-refractivity contribution >= 4 is 6.09 Å². The predicted molar refractivity (Wildman–Crippen MR) is 89.1 cm³/mol. The Morgan fingerprint density at radius 1 is 1.36 bits per heavy atom. The highest BCUT2D eigenvalue weighted by Gasteiger charge is 2.51. The van der Waals surface area contributed by atoms with Crippen molar-refractivity contribution in [3.05, 3.63) is 0 Å². The van der Waals surface area contributed by atoms with Gasteiger partial charge in [0.25, 0.3) is 0 Å². The van der Waals surface area contributed by atoms with Crippen LogP contribution in [-0.4, -0.2) is 43.0 Å². The summed E-state index contributed by atoms with van der Waals surface area (Å²) in [5, 5.41) is 6.43. The van der Waals surface area contributed by atoms with E-state index in [4.69, 9.17) is 9.47 Å². The number of hydrogen-bond donors (Lipinski definition) is 2. The van der Waals surface area contributed by atoms with Crippen molar-refractivity contribution in [2.75, 3.05) is 13.2 Å². The Morgan fingerprint density at radius 2 is 2.00 bits per heavy atom. The molecule has 130 valence electrons. The fourth-order valence-corrected chi connectivity index (χ4v) is 2.96.